The number of aliphatic hydroxyl groups excluding tert-OH is 2. The van der Waals surface area contributed by atoms with Crippen LogP contribution in [0.5, 0.6) is 0 Å². The molecule has 14 nitrogen and oxygen atoms in total. The average Bonchev–Trinajstić information content (AvgIpc) is 2.70. The molecule has 0 radical (unpaired) electrons. The zero-order chi connectivity index (χ0) is 25.9. The van der Waals surface area contributed by atoms with Crippen LogP contribution in [0.3, 0.4) is 0 Å². The fraction of sp³-hybridized carbons (Fsp3) is 0.737. The molecule has 0 rings (SSSR count). The first-order valence-corrected chi connectivity index (χ1v) is 10.5. The zero-order valence-corrected chi connectivity index (χ0v) is 19.3. The van der Waals surface area contributed by atoms with Crippen molar-refractivity contribution < 1.29 is 34.5 Å². The second-order valence-corrected chi connectivity index (χ2v) is 8.07. The van der Waals surface area contributed by atoms with Gasteiger partial charge in [-0.1, -0.05) is 13.8 Å². The minimum Gasteiger partial charge on any atom is -0.480 e. The number of carboxylic acids is 1. The van der Waals surface area contributed by atoms with Crippen molar-refractivity contribution >= 4 is 29.7 Å². The molecule has 0 aromatic carbocycles. The van der Waals surface area contributed by atoms with Crippen molar-refractivity contribution in [3.05, 3.63) is 0 Å². The number of aliphatic hydroxyl groups is 2. The fourth-order valence-corrected chi connectivity index (χ4v) is 2.67. The molecule has 0 spiro atoms. The quantitative estimate of drug-likeness (QED) is 0.0675. The Morgan fingerprint density at radius 1 is 0.848 bits per heavy atom. The van der Waals surface area contributed by atoms with E-state index in [0.717, 1.165) is 0 Å². The Hall–Kier alpha value is -2.97. The number of nitrogens with one attached hydrogen (secondary N) is 3. The Morgan fingerprint density at radius 3 is 1.79 bits per heavy atom. The first kappa shape index (κ1) is 30.0. The second kappa shape index (κ2) is 14.2. The van der Waals surface area contributed by atoms with Crippen molar-refractivity contribution in [2.45, 2.75) is 76.9 Å². The van der Waals surface area contributed by atoms with Gasteiger partial charge in [-0.3, -0.25) is 19.4 Å². The maximum atomic E-state index is 12.7. The van der Waals surface area contributed by atoms with E-state index >= 15 is 0 Å². The summed E-state index contributed by atoms with van der Waals surface area (Å²) < 4.78 is 0. The topological polar surface area (TPSA) is 255 Å². The molecule has 0 saturated heterocycles. The van der Waals surface area contributed by atoms with Crippen LogP contribution in [-0.4, -0.2) is 87.9 Å². The molecule has 0 aliphatic carbocycles. The number of hydrogen-bond acceptors (Lipinski definition) is 8. The third-order valence-corrected chi connectivity index (χ3v) is 4.69. The van der Waals surface area contributed by atoms with Crippen molar-refractivity contribution in [2.75, 3.05) is 6.54 Å². The summed E-state index contributed by atoms with van der Waals surface area (Å²) in [4.78, 5) is 52.8. The fourth-order valence-electron chi connectivity index (χ4n) is 2.67. The first-order valence-electron chi connectivity index (χ1n) is 10.5. The Balaban J connectivity index is 5.31. The monoisotopic (exact) mass is 475 g/mol. The van der Waals surface area contributed by atoms with Crippen LogP contribution in [0.15, 0.2) is 4.99 Å². The molecule has 0 saturated carbocycles. The van der Waals surface area contributed by atoms with E-state index in [2.05, 4.69) is 20.9 Å². The highest BCUT2D eigenvalue weighted by atomic mass is 16.4. The van der Waals surface area contributed by atoms with E-state index in [1.54, 1.807) is 13.8 Å². The van der Waals surface area contributed by atoms with Gasteiger partial charge in [0.25, 0.3) is 0 Å². The first-order chi connectivity index (χ1) is 15.2. The lowest BCUT2D eigenvalue weighted by atomic mass is 10.0. The van der Waals surface area contributed by atoms with Gasteiger partial charge in [0.2, 0.25) is 17.7 Å². The van der Waals surface area contributed by atoms with E-state index in [0.29, 0.717) is 0 Å². The Kier molecular flexibility index (Phi) is 13.0. The average molecular weight is 476 g/mol. The molecule has 33 heavy (non-hydrogen) atoms. The van der Waals surface area contributed by atoms with Crippen molar-refractivity contribution in [3.63, 3.8) is 0 Å². The summed E-state index contributed by atoms with van der Waals surface area (Å²) in [5, 5.41) is 35.8. The highest BCUT2D eigenvalue weighted by Gasteiger charge is 2.34. The molecule has 12 N–H and O–H groups in total. The van der Waals surface area contributed by atoms with E-state index in [4.69, 9.17) is 17.2 Å². The van der Waals surface area contributed by atoms with Gasteiger partial charge in [-0.05, 0) is 32.6 Å². The largest absolute Gasteiger partial charge is 0.480 e. The maximum absolute atomic E-state index is 12.7. The molecule has 6 atom stereocenters. The van der Waals surface area contributed by atoms with Crippen molar-refractivity contribution in [3.8, 4) is 0 Å². The highest BCUT2D eigenvalue weighted by molar-refractivity contribution is 5.94. The Bertz CT molecular complexity index is 709. The minimum absolute atomic E-state index is 0.0419. The summed E-state index contributed by atoms with van der Waals surface area (Å²) in [7, 11) is 0. The van der Waals surface area contributed by atoms with Gasteiger partial charge in [-0.15, -0.1) is 0 Å². The molecule has 14 heteroatoms. The zero-order valence-electron chi connectivity index (χ0n) is 19.3. The summed E-state index contributed by atoms with van der Waals surface area (Å²) in [5.74, 6) is -4.39. The van der Waals surface area contributed by atoms with E-state index < -0.39 is 66.0 Å². The number of aliphatic carboxylic acids is 1. The van der Waals surface area contributed by atoms with Crippen LogP contribution in [0.1, 0.15) is 40.5 Å². The number of amides is 3. The van der Waals surface area contributed by atoms with E-state index in [-0.39, 0.29) is 25.3 Å². The van der Waals surface area contributed by atoms with Crippen molar-refractivity contribution in [1.29, 1.82) is 0 Å². The molecular weight excluding hydrogens is 438 g/mol. The number of nitrogens with two attached hydrogens (primary N) is 3. The Labute approximate surface area is 192 Å². The molecule has 190 valence electrons. The standard InChI is InChI=1S/C19H37N7O7/c1-8(2)13(16(30)24-11(18(32)33)6-5-7-23-19(21)22)25-17(31)14(10(4)28)26-15(29)12(20)9(3)27/h8-14,27-28H,5-7,20H2,1-4H3,(H,24,30)(H,25,31)(H,26,29)(H,32,33)(H4,21,22,23). The second-order valence-electron chi connectivity index (χ2n) is 8.07. The SMILES string of the molecule is CC(C)C(NC(=O)C(NC(=O)C(N)C(C)O)C(C)O)C(=O)NC(CCCN=C(N)N)C(=O)O. The molecule has 0 fully saturated rings. The molecule has 0 heterocycles. The molecule has 0 aliphatic rings. The lowest BCUT2D eigenvalue weighted by molar-refractivity contribution is -0.143. The third kappa shape index (κ3) is 10.9. The molecule has 3 amide bonds. The van der Waals surface area contributed by atoms with Crippen LogP contribution in [0.2, 0.25) is 0 Å². The van der Waals surface area contributed by atoms with Gasteiger partial charge < -0.3 is 48.5 Å². The van der Waals surface area contributed by atoms with E-state index in [1.165, 1.54) is 13.8 Å². The summed E-state index contributed by atoms with van der Waals surface area (Å²) in [6.07, 6.45) is -2.22. The summed E-state index contributed by atoms with van der Waals surface area (Å²) in [5.41, 5.74) is 16.0. The van der Waals surface area contributed by atoms with Gasteiger partial charge in [0.15, 0.2) is 5.96 Å². The normalized spacial score (nSPS) is 16.5. The number of carboxylic acid groups (broad SMARTS) is 1. The van der Waals surface area contributed by atoms with E-state index in [9.17, 15) is 34.5 Å². The van der Waals surface area contributed by atoms with Crippen LogP contribution >= 0.6 is 0 Å². The predicted molar refractivity (Wildman–Crippen MR) is 120 cm³/mol. The summed E-state index contributed by atoms with van der Waals surface area (Å²) in [6.45, 7) is 5.96. The van der Waals surface area contributed by atoms with Crippen LogP contribution in [0.4, 0.5) is 0 Å². The molecular formula is C19H37N7O7. The van der Waals surface area contributed by atoms with Crippen LogP contribution in [0, 0.1) is 5.92 Å². The number of guanidine groups is 1. The summed E-state index contributed by atoms with van der Waals surface area (Å²) in [6, 6.07) is -5.22. The maximum Gasteiger partial charge on any atom is 0.326 e. The lowest BCUT2D eigenvalue weighted by Gasteiger charge is -2.28. The van der Waals surface area contributed by atoms with Crippen LogP contribution < -0.4 is 33.2 Å². The van der Waals surface area contributed by atoms with Gasteiger partial charge >= 0.3 is 5.97 Å². The lowest BCUT2D eigenvalue weighted by Crippen LogP contribution is -2.61. The van der Waals surface area contributed by atoms with Gasteiger partial charge in [-0.2, -0.15) is 0 Å². The van der Waals surface area contributed by atoms with Gasteiger partial charge in [-0.25, -0.2) is 4.79 Å². The van der Waals surface area contributed by atoms with Crippen molar-refractivity contribution in [2.24, 2.45) is 28.1 Å². The van der Waals surface area contributed by atoms with Gasteiger partial charge in [0, 0.05) is 6.54 Å². The molecule has 0 aliphatic heterocycles. The number of rotatable bonds is 14. The van der Waals surface area contributed by atoms with Crippen LogP contribution in [-0.2, 0) is 19.2 Å². The molecule has 6 unspecified atom stereocenters. The highest BCUT2D eigenvalue weighted by Crippen LogP contribution is 2.07. The number of aliphatic imine (C=N–C) groups is 1. The molecule has 0 aromatic rings. The molecule has 0 bridgehead atoms. The van der Waals surface area contributed by atoms with Crippen LogP contribution in [0.25, 0.3) is 0 Å². The third-order valence-electron chi connectivity index (χ3n) is 4.69. The predicted octanol–water partition coefficient (Wildman–Crippen LogP) is -3.68. The smallest absolute Gasteiger partial charge is 0.326 e. The number of nitrogens with zero attached hydrogens (tertiary/aromatic N) is 1. The van der Waals surface area contributed by atoms with Crippen molar-refractivity contribution in [1.82, 2.24) is 16.0 Å². The molecule has 0 aromatic heterocycles. The summed E-state index contributed by atoms with van der Waals surface area (Å²) >= 11 is 0. The number of carbonyl (C=O) groups is 4. The number of carbonyl (C=O) groups excluding carboxylic acids is 3. The Morgan fingerprint density at radius 2 is 1.36 bits per heavy atom. The van der Waals surface area contributed by atoms with E-state index in [1.807, 2.05) is 0 Å². The minimum atomic E-state index is -1.47. The van der Waals surface area contributed by atoms with Gasteiger partial charge in [0.05, 0.1) is 12.2 Å². The van der Waals surface area contributed by atoms with Gasteiger partial charge in [0.1, 0.15) is 24.2 Å². The number of hydrogen-bond donors (Lipinski definition) is 9.